The largest absolute Gasteiger partial charge is 0.438 e. The van der Waals surface area contributed by atoms with Crippen molar-refractivity contribution >= 4 is 75.3 Å². The Bertz CT molecular complexity index is 3300. The molecule has 3 fully saturated rings. The van der Waals surface area contributed by atoms with Crippen molar-refractivity contribution in [2.75, 3.05) is 19.6 Å². The maximum atomic E-state index is 13.0. The van der Waals surface area contributed by atoms with Crippen LogP contribution in [0, 0.1) is 108 Å². The molecular formula is C63H73N7O10S2. The summed E-state index contributed by atoms with van der Waals surface area (Å²) in [4.78, 5) is 123. The summed E-state index contributed by atoms with van der Waals surface area (Å²) >= 11 is 2.54. The van der Waals surface area contributed by atoms with E-state index in [1.165, 1.54) is 17.7 Å². The molecule has 82 heavy (non-hydrogen) atoms. The van der Waals surface area contributed by atoms with Gasteiger partial charge in [0, 0.05) is 61.5 Å². The number of amides is 3. The van der Waals surface area contributed by atoms with E-state index in [4.69, 9.17) is 4.42 Å². The normalized spacial score (nSPS) is 19.5. The Kier molecular flexibility index (Phi) is 20.1. The van der Waals surface area contributed by atoms with Gasteiger partial charge in [-0.1, -0.05) is 57.6 Å². The van der Waals surface area contributed by atoms with Gasteiger partial charge in [0.2, 0.25) is 5.76 Å². The molecule has 3 N–H and O–H groups in total. The number of nitrogens with zero attached hydrogens (tertiary/aromatic N) is 4. The van der Waals surface area contributed by atoms with Crippen LogP contribution in [0.25, 0.3) is 0 Å². The van der Waals surface area contributed by atoms with E-state index < -0.39 is 17.8 Å². The van der Waals surface area contributed by atoms with Gasteiger partial charge in [-0.25, -0.2) is 9.97 Å². The fourth-order valence-electron chi connectivity index (χ4n) is 12.2. The fourth-order valence-corrected chi connectivity index (χ4v) is 13.6. The van der Waals surface area contributed by atoms with E-state index in [1.54, 1.807) is 13.8 Å². The number of hydrogen-bond acceptors (Lipinski definition) is 16. The van der Waals surface area contributed by atoms with Crippen LogP contribution in [0.5, 0.6) is 0 Å². The van der Waals surface area contributed by atoms with Crippen LogP contribution in [-0.4, -0.2) is 91.6 Å². The van der Waals surface area contributed by atoms with Gasteiger partial charge in [-0.15, -0.1) is 16.4 Å². The van der Waals surface area contributed by atoms with Crippen molar-refractivity contribution in [1.82, 2.24) is 35.5 Å². The molecule has 6 aromatic rings. The predicted octanol–water partition coefficient (Wildman–Crippen LogP) is 9.55. The summed E-state index contributed by atoms with van der Waals surface area (Å²) in [5.41, 5.74) is 13.4. The Hall–Kier alpha value is -7.51. The van der Waals surface area contributed by atoms with E-state index >= 15 is 0 Å². The summed E-state index contributed by atoms with van der Waals surface area (Å²) in [6.45, 7) is 25.9. The molecule has 0 radical (unpaired) electrons. The third-order valence-electron chi connectivity index (χ3n) is 15.7. The highest BCUT2D eigenvalue weighted by Crippen LogP contribution is 2.40. The zero-order chi connectivity index (χ0) is 60.0. The van der Waals surface area contributed by atoms with Gasteiger partial charge in [0.1, 0.15) is 45.7 Å². The molecule has 3 aromatic heterocycles. The van der Waals surface area contributed by atoms with E-state index in [1.807, 2.05) is 113 Å². The average Bonchev–Trinajstić information content (AvgIpc) is 4.37. The van der Waals surface area contributed by atoms with Crippen LogP contribution in [0.3, 0.4) is 0 Å². The van der Waals surface area contributed by atoms with Crippen LogP contribution in [0.1, 0.15) is 175 Å². The molecule has 432 valence electrons. The molecule has 9 rings (SSSR count). The number of carbonyl (C=O) groups is 9. The number of thiazole rings is 1. The minimum atomic E-state index is -0.678. The first-order valence-electron chi connectivity index (χ1n) is 27.7. The second-order valence-corrected chi connectivity index (χ2v) is 24.4. The number of hydrogen-bond donors (Lipinski definition) is 3. The zero-order valence-corrected chi connectivity index (χ0v) is 50.7. The molecule has 19 heteroatoms. The monoisotopic (exact) mass is 1150 g/mol. The third-order valence-corrected chi connectivity index (χ3v) is 17.4. The zero-order valence-electron chi connectivity index (χ0n) is 49.1. The van der Waals surface area contributed by atoms with E-state index in [-0.39, 0.29) is 95.2 Å². The standard InChI is InChI=1S/C22H26N2O3S.C21H24N2O4.C20H23N3O3S/c1-11-8-12(2)18(13(3)9-11)19-17(25)10-16(21(19)26)6-7-23-22(27)20-14(4)28-15(5)24-20;1-11-7-12(2)17(13(3)8-11)18-16(24)9-15(19(18)25)5-6-22-21(26)20-14(4)23-10-27-20;1-10-7-11(2)16(12(3)8-10)17-15(24)9-14(18(17)25)5-6-21-20(26)19-13(4)22-23-27-19/h8-9,16,19H,6-7,10H2,1-5H3,(H,23,27);7-8,10,15,18H,5-6,9H2,1-4H3,(H,22,26);7-8,14,17H,5-6,9H2,1-4H3,(H,21,26). The smallest absolute Gasteiger partial charge is 0.288 e. The van der Waals surface area contributed by atoms with Crippen molar-refractivity contribution in [3.63, 3.8) is 0 Å². The lowest BCUT2D eigenvalue weighted by Crippen LogP contribution is -2.28. The Labute approximate surface area is 486 Å². The Morgan fingerprint density at radius 2 is 0.878 bits per heavy atom. The Morgan fingerprint density at radius 1 is 0.512 bits per heavy atom. The molecule has 3 amide bonds. The van der Waals surface area contributed by atoms with Gasteiger partial charge >= 0.3 is 0 Å². The van der Waals surface area contributed by atoms with Crippen LogP contribution >= 0.6 is 22.9 Å². The SMILES string of the molecule is Cc1cc(C)c(C2C(=O)CC(CCNC(=O)c3nc(C)sc3C)C2=O)c(C)c1.Cc1cc(C)c(C2C(=O)CC(CCNC(=O)c3ocnc3C)C2=O)c(C)c1.Cc1cc(C)c(C2C(=O)CC(CCNC(=O)c3snnc3C)C2=O)c(C)c1. The molecule has 6 atom stereocenters. The van der Waals surface area contributed by atoms with E-state index in [2.05, 4.69) is 35.5 Å². The first kappa shape index (κ1) is 62.1. The average molecular weight is 1150 g/mol. The highest BCUT2D eigenvalue weighted by Gasteiger charge is 2.45. The molecule has 3 heterocycles. The molecule has 0 saturated heterocycles. The minimum Gasteiger partial charge on any atom is -0.438 e. The van der Waals surface area contributed by atoms with Crippen LogP contribution < -0.4 is 16.0 Å². The number of benzene rings is 3. The number of oxazole rings is 1. The van der Waals surface area contributed by atoms with Gasteiger partial charge in [0.25, 0.3) is 17.7 Å². The van der Waals surface area contributed by atoms with Gasteiger partial charge in [0.15, 0.2) is 23.7 Å². The number of nitrogens with one attached hydrogen (secondary N) is 3. The lowest BCUT2D eigenvalue weighted by Gasteiger charge is -2.16. The second-order valence-electron chi connectivity index (χ2n) is 22.3. The Balaban J connectivity index is 0.000000177. The molecule has 6 unspecified atom stereocenters. The first-order chi connectivity index (χ1) is 38.8. The van der Waals surface area contributed by atoms with Gasteiger partial charge < -0.3 is 20.4 Å². The molecule has 3 aromatic carbocycles. The first-order valence-corrected chi connectivity index (χ1v) is 29.3. The third kappa shape index (κ3) is 14.0. The number of carbonyl (C=O) groups excluding carboxylic acids is 9. The quantitative estimate of drug-likeness (QED) is 0.0810. The maximum Gasteiger partial charge on any atom is 0.288 e. The molecule has 17 nitrogen and oxygen atoms in total. The van der Waals surface area contributed by atoms with Crippen LogP contribution in [0.4, 0.5) is 0 Å². The van der Waals surface area contributed by atoms with Crippen molar-refractivity contribution in [3.8, 4) is 0 Å². The predicted molar refractivity (Wildman–Crippen MR) is 313 cm³/mol. The minimum absolute atomic E-state index is 0.0117. The van der Waals surface area contributed by atoms with Gasteiger partial charge in [-0.2, -0.15) is 0 Å². The number of aromatic nitrogens is 4. The number of ketones is 6. The van der Waals surface area contributed by atoms with Crippen molar-refractivity contribution in [2.45, 2.75) is 146 Å². The molecule has 0 aliphatic heterocycles. The number of aryl methyl sites for hydroxylation is 13. The summed E-state index contributed by atoms with van der Waals surface area (Å²) in [6, 6.07) is 12.1. The maximum absolute atomic E-state index is 13.0. The van der Waals surface area contributed by atoms with E-state index in [9.17, 15) is 43.2 Å². The van der Waals surface area contributed by atoms with E-state index in [0.717, 1.165) is 88.2 Å². The molecule has 0 bridgehead atoms. The highest BCUT2D eigenvalue weighted by atomic mass is 32.1. The fraction of sp³-hybridized carbons (Fsp3) is 0.444. The van der Waals surface area contributed by atoms with Crippen molar-refractivity contribution in [2.24, 2.45) is 17.8 Å². The van der Waals surface area contributed by atoms with Crippen molar-refractivity contribution < 1.29 is 47.6 Å². The lowest BCUT2D eigenvalue weighted by atomic mass is 9.86. The molecule has 3 aliphatic carbocycles. The van der Waals surface area contributed by atoms with Crippen molar-refractivity contribution in [1.29, 1.82) is 0 Å². The molecule has 0 spiro atoms. The van der Waals surface area contributed by atoms with E-state index in [0.29, 0.717) is 60.9 Å². The number of rotatable bonds is 15. The molecular weight excluding hydrogens is 1080 g/mol. The second kappa shape index (κ2) is 26.6. The van der Waals surface area contributed by atoms with Gasteiger partial charge in [-0.3, -0.25) is 43.2 Å². The highest BCUT2D eigenvalue weighted by molar-refractivity contribution is 7.11. The Morgan fingerprint density at radius 3 is 1.20 bits per heavy atom. The summed E-state index contributed by atoms with van der Waals surface area (Å²) < 4.78 is 8.80. The number of Topliss-reactive ketones (excluding diaryl/α,β-unsaturated/α-hetero) is 6. The molecule has 3 saturated carbocycles. The van der Waals surface area contributed by atoms with Gasteiger partial charge in [0.05, 0.1) is 16.4 Å². The van der Waals surface area contributed by atoms with Crippen LogP contribution in [0.2, 0.25) is 0 Å². The summed E-state index contributed by atoms with van der Waals surface area (Å²) in [5, 5.41) is 13.1. The van der Waals surface area contributed by atoms with Crippen LogP contribution in [0.15, 0.2) is 47.2 Å². The van der Waals surface area contributed by atoms with Crippen molar-refractivity contribution in [3.05, 3.63) is 147 Å². The van der Waals surface area contributed by atoms with Crippen LogP contribution in [-0.2, 0) is 28.8 Å². The summed E-state index contributed by atoms with van der Waals surface area (Å²) in [5.74, 6) is -3.84. The summed E-state index contributed by atoms with van der Waals surface area (Å²) in [7, 11) is 0. The van der Waals surface area contributed by atoms with Gasteiger partial charge in [-0.05, 0) is 171 Å². The molecule has 3 aliphatic rings. The lowest BCUT2D eigenvalue weighted by molar-refractivity contribution is -0.126. The summed E-state index contributed by atoms with van der Waals surface area (Å²) in [6.07, 6.45) is 3.31. The topological polar surface area (TPSA) is 254 Å².